The van der Waals surface area contributed by atoms with Crippen LogP contribution in [0, 0.1) is 0 Å². The van der Waals surface area contributed by atoms with E-state index in [0.29, 0.717) is 0 Å². The van der Waals surface area contributed by atoms with Gasteiger partial charge in [-0.2, -0.15) is 0 Å². The zero-order valence-corrected chi connectivity index (χ0v) is 24.0. The van der Waals surface area contributed by atoms with Gasteiger partial charge in [0.1, 0.15) is 0 Å². The maximum Gasteiger partial charge on any atom is 0.0979 e. The molecule has 0 spiro atoms. The molecular weight excluding hydrogens is 541 g/mol. The number of benzene rings is 7. The number of rotatable bonds is 3. The van der Waals surface area contributed by atoms with E-state index in [2.05, 4.69) is 140 Å². The Bertz CT molecular complexity index is 2490. The summed E-state index contributed by atoms with van der Waals surface area (Å²) in [7, 11) is 0. The second-order valence-corrected chi connectivity index (χ2v) is 12.0. The van der Waals surface area contributed by atoms with Crippen molar-refractivity contribution in [1.82, 2.24) is 9.97 Å². The zero-order valence-electron chi connectivity index (χ0n) is 23.2. The first-order valence-corrected chi connectivity index (χ1v) is 15.3. The topological polar surface area (TPSA) is 25.8 Å². The molecule has 0 fully saturated rings. The van der Waals surface area contributed by atoms with Crippen LogP contribution in [0.5, 0.6) is 0 Å². The van der Waals surface area contributed by atoms with Crippen LogP contribution in [0.3, 0.4) is 0 Å². The number of fused-ring (bicyclic) bond motifs is 9. The van der Waals surface area contributed by atoms with Crippen molar-refractivity contribution >= 4 is 64.1 Å². The Balaban J connectivity index is 1.28. The third-order valence-corrected chi connectivity index (χ3v) is 9.76. The molecule has 2 heterocycles. The third-order valence-electron chi connectivity index (χ3n) is 8.54. The van der Waals surface area contributed by atoms with Crippen LogP contribution >= 0.6 is 11.3 Å². The predicted octanol–water partition coefficient (Wildman–Crippen LogP) is 11.3. The van der Waals surface area contributed by atoms with E-state index in [1.54, 1.807) is 0 Å². The van der Waals surface area contributed by atoms with Gasteiger partial charge in [-0.3, -0.25) is 4.98 Å². The van der Waals surface area contributed by atoms with E-state index >= 15 is 0 Å². The lowest BCUT2D eigenvalue weighted by molar-refractivity contribution is 1.31. The van der Waals surface area contributed by atoms with Gasteiger partial charge in [0.05, 0.1) is 22.9 Å². The van der Waals surface area contributed by atoms with E-state index in [-0.39, 0.29) is 0 Å². The lowest BCUT2D eigenvalue weighted by Crippen LogP contribution is -1.94. The van der Waals surface area contributed by atoms with Gasteiger partial charge >= 0.3 is 0 Å². The molecule has 0 radical (unpaired) electrons. The smallest absolute Gasteiger partial charge is 0.0979 e. The van der Waals surface area contributed by atoms with Gasteiger partial charge < -0.3 is 0 Å². The molecule has 0 atom stereocenters. The van der Waals surface area contributed by atoms with Crippen molar-refractivity contribution < 1.29 is 0 Å². The van der Waals surface area contributed by atoms with Crippen LogP contribution in [0.15, 0.2) is 146 Å². The Hall–Kier alpha value is -5.38. The molecule has 9 rings (SSSR count). The molecule has 9 aromatic rings. The highest BCUT2D eigenvalue weighted by Crippen LogP contribution is 2.44. The number of nitrogens with zero attached hydrogens (tertiary/aromatic N) is 2. The molecule has 0 aliphatic heterocycles. The summed E-state index contributed by atoms with van der Waals surface area (Å²) >= 11 is 1.87. The van der Waals surface area contributed by atoms with Gasteiger partial charge in [0.25, 0.3) is 0 Å². The molecule has 0 saturated carbocycles. The van der Waals surface area contributed by atoms with Crippen LogP contribution in [0.25, 0.3) is 86.3 Å². The first-order chi connectivity index (χ1) is 21.3. The Morgan fingerprint density at radius 3 is 1.58 bits per heavy atom. The molecule has 0 aliphatic carbocycles. The summed E-state index contributed by atoms with van der Waals surface area (Å²) in [6, 6.07) is 49.8. The average molecular weight is 565 g/mol. The Labute approximate surface area is 252 Å². The molecule has 0 amide bonds. The molecule has 43 heavy (non-hydrogen) atoms. The summed E-state index contributed by atoms with van der Waals surface area (Å²) in [6.45, 7) is 0. The number of hydrogen-bond acceptors (Lipinski definition) is 3. The van der Waals surface area contributed by atoms with Crippen LogP contribution < -0.4 is 0 Å². The van der Waals surface area contributed by atoms with Gasteiger partial charge in [-0.05, 0) is 33.5 Å². The number of thiophene rings is 1. The fraction of sp³-hybridized carbons (Fsp3) is 0. The van der Waals surface area contributed by atoms with Crippen molar-refractivity contribution in [2.24, 2.45) is 0 Å². The lowest BCUT2D eigenvalue weighted by atomic mass is 9.90. The van der Waals surface area contributed by atoms with Gasteiger partial charge in [0, 0.05) is 42.1 Å². The highest BCUT2D eigenvalue weighted by Gasteiger charge is 2.18. The van der Waals surface area contributed by atoms with Crippen molar-refractivity contribution in [3.8, 4) is 33.5 Å². The monoisotopic (exact) mass is 564 g/mol. The van der Waals surface area contributed by atoms with Crippen LogP contribution in [0.2, 0.25) is 0 Å². The highest BCUT2D eigenvalue weighted by molar-refractivity contribution is 7.26. The summed E-state index contributed by atoms with van der Waals surface area (Å²) in [5.41, 5.74) is 8.63. The van der Waals surface area contributed by atoms with Crippen LogP contribution in [0.1, 0.15) is 0 Å². The summed E-state index contributed by atoms with van der Waals surface area (Å²) < 4.78 is 2.63. The molecule has 2 nitrogen and oxygen atoms in total. The maximum atomic E-state index is 5.33. The van der Waals surface area contributed by atoms with E-state index < -0.39 is 0 Å². The van der Waals surface area contributed by atoms with E-state index in [1.165, 1.54) is 47.6 Å². The van der Waals surface area contributed by atoms with Gasteiger partial charge in [-0.1, -0.05) is 133 Å². The standard InChI is InChI=1S/C40H24N2S/c1-2-16-29(34-21-11-22-35-31-18-9-10-23-37(31)43-40(34)35)25(12-1)26-13-3-6-17-30(26)36-24-41-38-32-19-7-4-14-27(32)28-15-5-8-20-33(28)39(38)42-36/h1-24H. The second kappa shape index (κ2) is 9.59. The van der Waals surface area contributed by atoms with E-state index in [1.807, 2.05) is 17.5 Å². The molecule has 200 valence electrons. The fourth-order valence-electron chi connectivity index (χ4n) is 6.61. The van der Waals surface area contributed by atoms with Crippen molar-refractivity contribution in [3.63, 3.8) is 0 Å². The van der Waals surface area contributed by atoms with E-state index in [0.717, 1.165) is 38.6 Å². The van der Waals surface area contributed by atoms with Crippen molar-refractivity contribution in [2.75, 3.05) is 0 Å². The van der Waals surface area contributed by atoms with Gasteiger partial charge in [-0.15, -0.1) is 11.3 Å². The average Bonchev–Trinajstić information content (AvgIpc) is 3.47. The first kappa shape index (κ1) is 24.2. The molecule has 0 aliphatic rings. The molecule has 0 unspecified atom stereocenters. The van der Waals surface area contributed by atoms with E-state index in [4.69, 9.17) is 9.97 Å². The largest absolute Gasteiger partial charge is 0.252 e. The SMILES string of the molecule is c1ccc(-c2ccccc2-c2cccc3c2sc2ccccc23)c(-c2cnc3c4ccccc4c4ccccc4c3n2)c1. The van der Waals surface area contributed by atoms with Crippen LogP contribution in [0.4, 0.5) is 0 Å². The maximum absolute atomic E-state index is 5.33. The quantitative estimate of drug-likeness (QED) is 0.199. The minimum absolute atomic E-state index is 0.874. The second-order valence-electron chi connectivity index (χ2n) is 10.9. The Kier molecular flexibility index (Phi) is 5.40. The molecule has 0 N–H and O–H groups in total. The summed E-state index contributed by atoms with van der Waals surface area (Å²) in [5, 5.41) is 7.28. The van der Waals surface area contributed by atoms with Crippen molar-refractivity contribution in [3.05, 3.63) is 146 Å². The van der Waals surface area contributed by atoms with Crippen molar-refractivity contribution in [1.29, 1.82) is 0 Å². The zero-order chi connectivity index (χ0) is 28.3. The third kappa shape index (κ3) is 3.72. The van der Waals surface area contributed by atoms with Gasteiger partial charge in [0.15, 0.2) is 0 Å². The molecule has 2 aromatic heterocycles. The molecular formula is C40H24N2S. The Morgan fingerprint density at radius 2 is 0.860 bits per heavy atom. The van der Waals surface area contributed by atoms with Crippen molar-refractivity contribution in [2.45, 2.75) is 0 Å². The first-order valence-electron chi connectivity index (χ1n) is 14.5. The van der Waals surface area contributed by atoms with Crippen LogP contribution in [-0.4, -0.2) is 9.97 Å². The lowest BCUT2D eigenvalue weighted by Gasteiger charge is -2.15. The molecule has 3 heteroatoms. The molecule has 0 bridgehead atoms. The van der Waals surface area contributed by atoms with Gasteiger partial charge in [-0.25, -0.2) is 4.98 Å². The predicted molar refractivity (Wildman–Crippen MR) is 184 cm³/mol. The van der Waals surface area contributed by atoms with E-state index in [9.17, 15) is 0 Å². The minimum Gasteiger partial charge on any atom is -0.252 e. The van der Waals surface area contributed by atoms with Gasteiger partial charge in [0.2, 0.25) is 0 Å². The summed E-state index contributed by atoms with van der Waals surface area (Å²) in [6.07, 6.45) is 1.94. The molecule has 7 aromatic carbocycles. The van der Waals surface area contributed by atoms with Crippen LogP contribution in [-0.2, 0) is 0 Å². The highest BCUT2D eigenvalue weighted by atomic mass is 32.1. The Morgan fingerprint density at radius 1 is 0.372 bits per heavy atom. The summed E-state index contributed by atoms with van der Waals surface area (Å²) in [5.74, 6) is 0. The molecule has 0 saturated heterocycles. The minimum atomic E-state index is 0.874. The normalized spacial score (nSPS) is 11.7. The summed E-state index contributed by atoms with van der Waals surface area (Å²) in [4.78, 5) is 10.4. The number of hydrogen-bond donors (Lipinski definition) is 0. The number of aromatic nitrogens is 2. The fourth-order valence-corrected chi connectivity index (χ4v) is 7.84.